The van der Waals surface area contributed by atoms with Crippen molar-refractivity contribution < 1.29 is 13.5 Å². The third-order valence-corrected chi connectivity index (χ3v) is 3.82. The van der Waals surface area contributed by atoms with Crippen molar-refractivity contribution in [2.45, 2.75) is 31.4 Å². The van der Waals surface area contributed by atoms with Crippen molar-refractivity contribution in [2.75, 3.05) is 14.1 Å². The fraction of sp³-hybridized carbons (Fsp3) is 1.00. The van der Waals surface area contributed by atoms with Crippen LogP contribution in [0.4, 0.5) is 0 Å². The van der Waals surface area contributed by atoms with Gasteiger partial charge in [0.05, 0.1) is 6.10 Å². The Hall–Kier alpha value is -0.170. The number of nitrogens with one attached hydrogen (secondary N) is 1. The Morgan fingerprint density at radius 1 is 1.38 bits per heavy atom. The van der Waals surface area contributed by atoms with E-state index in [0.717, 1.165) is 10.7 Å². The average molecular weight is 208 g/mol. The Labute approximate surface area is 78.9 Å². The van der Waals surface area contributed by atoms with Gasteiger partial charge >= 0.3 is 0 Å². The first-order chi connectivity index (χ1) is 5.93. The second-order valence-electron chi connectivity index (χ2n) is 3.51. The standard InChI is InChI=1S/C7H16N2O3S/c1-9(2)13(11,12)8-6-4-3-5-7(6)10/h6-8,10H,3-5H2,1-2H3. The zero-order chi connectivity index (χ0) is 10.1. The fourth-order valence-electron chi connectivity index (χ4n) is 1.37. The summed E-state index contributed by atoms with van der Waals surface area (Å²) in [6.07, 6.45) is 1.74. The summed E-state index contributed by atoms with van der Waals surface area (Å²) in [6.45, 7) is 0. The molecule has 0 aliphatic heterocycles. The van der Waals surface area contributed by atoms with Gasteiger partial charge in [0.1, 0.15) is 0 Å². The van der Waals surface area contributed by atoms with Crippen molar-refractivity contribution >= 4 is 10.2 Å². The third-order valence-electron chi connectivity index (χ3n) is 2.26. The molecule has 1 rings (SSSR count). The van der Waals surface area contributed by atoms with E-state index in [0.29, 0.717) is 12.8 Å². The van der Waals surface area contributed by atoms with Crippen LogP contribution in [-0.2, 0) is 10.2 Å². The van der Waals surface area contributed by atoms with E-state index < -0.39 is 16.3 Å². The van der Waals surface area contributed by atoms with Crippen LogP contribution in [0.15, 0.2) is 0 Å². The minimum absolute atomic E-state index is 0.313. The van der Waals surface area contributed by atoms with E-state index in [1.807, 2.05) is 0 Å². The van der Waals surface area contributed by atoms with Gasteiger partial charge in [0, 0.05) is 20.1 Å². The molecule has 13 heavy (non-hydrogen) atoms. The summed E-state index contributed by atoms with van der Waals surface area (Å²) in [5, 5.41) is 9.39. The Balaban J connectivity index is 2.58. The van der Waals surface area contributed by atoms with Crippen LogP contribution in [0.5, 0.6) is 0 Å². The van der Waals surface area contributed by atoms with Crippen LogP contribution in [0.1, 0.15) is 19.3 Å². The lowest BCUT2D eigenvalue weighted by Crippen LogP contribution is -2.45. The largest absolute Gasteiger partial charge is 0.391 e. The van der Waals surface area contributed by atoms with Crippen molar-refractivity contribution in [3.05, 3.63) is 0 Å². The highest BCUT2D eigenvalue weighted by Gasteiger charge is 2.29. The van der Waals surface area contributed by atoms with Crippen LogP contribution < -0.4 is 4.72 Å². The maximum absolute atomic E-state index is 11.3. The van der Waals surface area contributed by atoms with Crippen molar-refractivity contribution in [2.24, 2.45) is 0 Å². The molecule has 2 unspecified atom stereocenters. The maximum atomic E-state index is 11.3. The molecule has 2 N–H and O–H groups in total. The summed E-state index contributed by atoms with van der Waals surface area (Å²) < 4.78 is 26.2. The molecule has 5 nitrogen and oxygen atoms in total. The molecule has 1 aliphatic carbocycles. The van der Waals surface area contributed by atoms with Gasteiger partial charge in [-0.3, -0.25) is 0 Å². The summed E-state index contributed by atoms with van der Waals surface area (Å²) in [5.41, 5.74) is 0. The number of rotatable bonds is 3. The lowest BCUT2D eigenvalue weighted by Gasteiger charge is -2.19. The minimum atomic E-state index is -3.39. The van der Waals surface area contributed by atoms with Gasteiger partial charge in [0.25, 0.3) is 10.2 Å². The molecule has 1 aliphatic rings. The van der Waals surface area contributed by atoms with E-state index in [1.165, 1.54) is 14.1 Å². The Kier molecular flexibility index (Phi) is 3.28. The Bertz CT molecular complexity index is 263. The van der Waals surface area contributed by atoms with Gasteiger partial charge in [-0.1, -0.05) is 0 Å². The number of nitrogens with zero attached hydrogens (tertiary/aromatic N) is 1. The molecule has 0 spiro atoms. The van der Waals surface area contributed by atoms with Gasteiger partial charge in [-0.2, -0.15) is 17.4 Å². The lowest BCUT2D eigenvalue weighted by atomic mass is 10.2. The molecule has 0 aromatic rings. The topological polar surface area (TPSA) is 69.6 Å². The first kappa shape index (κ1) is 10.9. The molecule has 6 heteroatoms. The second kappa shape index (κ2) is 3.91. The lowest BCUT2D eigenvalue weighted by molar-refractivity contribution is 0.158. The molecule has 0 radical (unpaired) electrons. The Morgan fingerprint density at radius 3 is 2.38 bits per heavy atom. The molecule has 1 saturated carbocycles. The zero-order valence-electron chi connectivity index (χ0n) is 7.90. The number of aliphatic hydroxyl groups is 1. The van der Waals surface area contributed by atoms with E-state index >= 15 is 0 Å². The highest BCUT2D eigenvalue weighted by atomic mass is 32.2. The van der Waals surface area contributed by atoms with E-state index in [2.05, 4.69) is 4.72 Å². The Morgan fingerprint density at radius 2 is 2.00 bits per heavy atom. The molecule has 0 heterocycles. The predicted octanol–water partition coefficient (Wildman–Crippen LogP) is -0.704. The minimum Gasteiger partial charge on any atom is -0.391 e. The normalized spacial score (nSPS) is 29.8. The molecule has 0 bridgehead atoms. The molecule has 0 saturated heterocycles. The zero-order valence-corrected chi connectivity index (χ0v) is 8.71. The molecule has 0 aromatic heterocycles. The highest BCUT2D eigenvalue weighted by Crippen LogP contribution is 2.19. The van der Waals surface area contributed by atoms with E-state index in [-0.39, 0.29) is 6.04 Å². The van der Waals surface area contributed by atoms with Crippen molar-refractivity contribution in [1.82, 2.24) is 9.03 Å². The summed E-state index contributed by atoms with van der Waals surface area (Å²) in [5.74, 6) is 0. The number of hydrogen-bond donors (Lipinski definition) is 2. The second-order valence-corrected chi connectivity index (χ2v) is 5.43. The van der Waals surface area contributed by atoms with Gasteiger partial charge in [-0.25, -0.2) is 0 Å². The smallest absolute Gasteiger partial charge is 0.279 e. The molecular weight excluding hydrogens is 192 g/mol. The van der Waals surface area contributed by atoms with Crippen LogP contribution in [0, 0.1) is 0 Å². The first-order valence-electron chi connectivity index (χ1n) is 4.31. The fourth-order valence-corrected chi connectivity index (χ4v) is 2.24. The monoisotopic (exact) mass is 208 g/mol. The summed E-state index contributed by atoms with van der Waals surface area (Å²) >= 11 is 0. The van der Waals surface area contributed by atoms with Gasteiger partial charge in [-0.15, -0.1) is 0 Å². The van der Waals surface area contributed by atoms with Crippen molar-refractivity contribution in [3.63, 3.8) is 0 Å². The van der Waals surface area contributed by atoms with Crippen molar-refractivity contribution in [1.29, 1.82) is 0 Å². The number of aliphatic hydroxyl groups excluding tert-OH is 1. The first-order valence-corrected chi connectivity index (χ1v) is 5.75. The average Bonchev–Trinajstić information content (AvgIpc) is 2.35. The maximum Gasteiger partial charge on any atom is 0.279 e. The number of hydrogen-bond acceptors (Lipinski definition) is 3. The summed E-state index contributed by atoms with van der Waals surface area (Å²) in [4.78, 5) is 0. The third kappa shape index (κ3) is 2.63. The quantitative estimate of drug-likeness (QED) is 0.644. The summed E-state index contributed by atoms with van der Waals surface area (Å²) in [7, 11) is -0.467. The molecule has 1 fully saturated rings. The van der Waals surface area contributed by atoms with E-state index in [9.17, 15) is 13.5 Å². The summed E-state index contributed by atoms with van der Waals surface area (Å²) in [6, 6.07) is -0.313. The van der Waals surface area contributed by atoms with Gasteiger partial charge < -0.3 is 5.11 Å². The van der Waals surface area contributed by atoms with E-state index in [1.54, 1.807) is 0 Å². The SMILES string of the molecule is CN(C)S(=O)(=O)NC1CCCC1O. The van der Waals surface area contributed by atoms with Gasteiger partial charge in [0.2, 0.25) is 0 Å². The van der Waals surface area contributed by atoms with Crippen molar-refractivity contribution in [3.8, 4) is 0 Å². The van der Waals surface area contributed by atoms with Crippen LogP contribution >= 0.6 is 0 Å². The highest BCUT2D eigenvalue weighted by molar-refractivity contribution is 7.87. The molecule has 2 atom stereocenters. The predicted molar refractivity (Wildman–Crippen MR) is 49.4 cm³/mol. The van der Waals surface area contributed by atoms with Crippen LogP contribution in [0.2, 0.25) is 0 Å². The van der Waals surface area contributed by atoms with Gasteiger partial charge in [-0.05, 0) is 19.3 Å². The van der Waals surface area contributed by atoms with Gasteiger partial charge in [0.15, 0.2) is 0 Å². The molecular formula is C7H16N2O3S. The van der Waals surface area contributed by atoms with E-state index in [4.69, 9.17) is 0 Å². The van der Waals surface area contributed by atoms with Crippen LogP contribution in [0.3, 0.4) is 0 Å². The van der Waals surface area contributed by atoms with Crippen LogP contribution in [0.25, 0.3) is 0 Å². The molecule has 78 valence electrons. The van der Waals surface area contributed by atoms with Crippen LogP contribution in [-0.4, -0.2) is 44.1 Å². The molecule has 0 aromatic carbocycles. The molecule has 0 amide bonds.